The Balaban J connectivity index is 2.13. The quantitative estimate of drug-likeness (QED) is 0.707. The molecule has 0 bridgehead atoms. The van der Waals surface area contributed by atoms with Gasteiger partial charge in [-0.25, -0.2) is 0 Å². The van der Waals surface area contributed by atoms with Crippen molar-refractivity contribution in [2.45, 2.75) is 17.9 Å². The highest BCUT2D eigenvalue weighted by Gasteiger charge is 2.09. The van der Waals surface area contributed by atoms with Gasteiger partial charge in [0.05, 0.1) is 0 Å². The highest BCUT2D eigenvalue weighted by molar-refractivity contribution is 7.98. The molecule has 1 atom stereocenters. The summed E-state index contributed by atoms with van der Waals surface area (Å²) in [6.45, 7) is 2.08. The molecule has 0 aliphatic heterocycles. The lowest BCUT2D eigenvalue weighted by Gasteiger charge is -2.17. The van der Waals surface area contributed by atoms with E-state index in [1.807, 2.05) is 12.1 Å². The molecular weight excluding hydrogens is 297 g/mol. The predicted octanol–water partition coefficient (Wildman–Crippen LogP) is 5.89. The Morgan fingerprint density at radius 1 is 1.05 bits per heavy atom. The average Bonchev–Trinajstić information content (AvgIpc) is 2.39. The summed E-state index contributed by atoms with van der Waals surface area (Å²) in [6.07, 6.45) is 2.07. The van der Waals surface area contributed by atoms with E-state index < -0.39 is 0 Å². The molecule has 100 valence electrons. The number of rotatable bonds is 4. The van der Waals surface area contributed by atoms with Gasteiger partial charge < -0.3 is 5.32 Å². The summed E-state index contributed by atoms with van der Waals surface area (Å²) < 4.78 is 0. The van der Waals surface area contributed by atoms with Crippen molar-refractivity contribution in [3.63, 3.8) is 0 Å². The number of halogens is 2. The van der Waals surface area contributed by atoms with Crippen molar-refractivity contribution in [1.82, 2.24) is 0 Å². The van der Waals surface area contributed by atoms with Gasteiger partial charge in [0.25, 0.3) is 0 Å². The van der Waals surface area contributed by atoms with Crippen LogP contribution in [0.5, 0.6) is 0 Å². The third-order valence-corrected chi connectivity index (χ3v) is 4.21. The SMILES string of the molecule is CSc1ccc(NC(C)c2ccc(Cl)cc2Cl)cc1. The molecule has 0 saturated heterocycles. The number of thioether (sulfide) groups is 1. The molecule has 0 saturated carbocycles. The summed E-state index contributed by atoms with van der Waals surface area (Å²) in [6, 6.07) is 14.1. The molecule has 0 radical (unpaired) electrons. The second-order valence-electron chi connectivity index (χ2n) is 4.26. The standard InChI is InChI=1S/C15H15Cl2NS/c1-10(14-8-3-11(16)9-15(14)17)18-12-4-6-13(19-2)7-5-12/h3-10,18H,1-2H3. The highest BCUT2D eigenvalue weighted by atomic mass is 35.5. The fraction of sp³-hybridized carbons (Fsp3) is 0.200. The molecule has 0 aromatic heterocycles. The zero-order chi connectivity index (χ0) is 13.8. The van der Waals surface area contributed by atoms with Crippen LogP contribution in [0.1, 0.15) is 18.5 Å². The predicted molar refractivity (Wildman–Crippen MR) is 86.7 cm³/mol. The van der Waals surface area contributed by atoms with Crippen LogP contribution >= 0.6 is 35.0 Å². The van der Waals surface area contributed by atoms with Crippen molar-refractivity contribution >= 4 is 40.7 Å². The Kier molecular flexibility index (Phi) is 5.03. The minimum Gasteiger partial charge on any atom is -0.378 e. The van der Waals surface area contributed by atoms with Gasteiger partial charge in [-0.1, -0.05) is 29.3 Å². The van der Waals surface area contributed by atoms with Gasteiger partial charge in [-0.05, 0) is 55.1 Å². The van der Waals surface area contributed by atoms with Crippen molar-refractivity contribution in [1.29, 1.82) is 0 Å². The summed E-state index contributed by atoms with van der Waals surface area (Å²) in [7, 11) is 0. The first-order valence-electron chi connectivity index (χ1n) is 5.95. The van der Waals surface area contributed by atoms with Crippen LogP contribution in [0.3, 0.4) is 0 Å². The molecule has 1 N–H and O–H groups in total. The number of hydrogen-bond acceptors (Lipinski definition) is 2. The van der Waals surface area contributed by atoms with Gasteiger partial charge in [0, 0.05) is 26.7 Å². The molecular formula is C15H15Cl2NS. The number of hydrogen-bond donors (Lipinski definition) is 1. The minimum absolute atomic E-state index is 0.130. The Bertz CT molecular complexity index is 555. The Hall–Kier alpha value is -0.830. The summed E-state index contributed by atoms with van der Waals surface area (Å²) in [5.41, 5.74) is 2.12. The molecule has 1 unspecified atom stereocenters. The molecule has 1 nitrogen and oxygen atoms in total. The second-order valence-corrected chi connectivity index (χ2v) is 5.98. The van der Waals surface area contributed by atoms with Crippen LogP contribution in [0.4, 0.5) is 5.69 Å². The molecule has 0 spiro atoms. The maximum atomic E-state index is 6.21. The average molecular weight is 312 g/mol. The van der Waals surface area contributed by atoms with Gasteiger partial charge in [0.15, 0.2) is 0 Å². The third-order valence-electron chi connectivity index (χ3n) is 2.90. The van der Waals surface area contributed by atoms with Crippen LogP contribution < -0.4 is 5.32 Å². The third kappa shape index (κ3) is 3.82. The van der Waals surface area contributed by atoms with Crippen LogP contribution in [-0.2, 0) is 0 Å². The van der Waals surface area contributed by atoms with E-state index in [4.69, 9.17) is 23.2 Å². The molecule has 19 heavy (non-hydrogen) atoms. The van der Waals surface area contributed by atoms with E-state index in [1.54, 1.807) is 17.8 Å². The minimum atomic E-state index is 0.130. The van der Waals surface area contributed by atoms with E-state index in [0.717, 1.165) is 11.3 Å². The van der Waals surface area contributed by atoms with E-state index in [-0.39, 0.29) is 6.04 Å². The van der Waals surface area contributed by atoms with Crippen molar-refractivity contribution < 1.29 is 0 Å². The van der Waals surface area contributed by atoms with E-state index in [0.29, 0.717) is 10.0 Å². The van der Waals surface area contributed by atoms with E-state index in [1.165, 1.54) is 4.90 Å². The van der Waals surface area contributed by atoms with Gasteiger partial charge in [0.2, 0.25) is 0 Å². The Morgan fingerprint density at radius 2 is 1.74 bits per heavy atom. The second kappa shape index (κ2) is 6.56. The zero-order valence-corrected chi connectivity index (χ0v) is 13.1. The molecule has 2 aromatic carbocycles. The summed E-state index contributed by atoms with van der Waals surface area (Å²) in [4.78, 5) is 1.25. The van der Waals surface area contributed by atoms with Gasteiger partial charge in [-0.3, -0.25) is 0 Å². The first kappa shape index (κ1) is 14.6. The van der Waals surface area contributed by atoms with Crippen LogP contribution in [0.2, 0.25) is 10.0 Å². The van der Waals surface area contributed by atoms with Gasteiger partial charge in [-0.2, -0.15) is 0 Å². The van der Waals surface area contributed by atoms with E-state index in [2.05, 4.69) is 42.8 Å². The van der Waals surface area contributed by atoms with Gasteiger partial charge in [-0.15, -0.1) is 11.8 Å². The number of benzene rings is 2. The lowest BCUT2D eigenvalue weighted by molar-refractivity contribution is 0.885. The molecule has 0 fully saturated rings. The molecule has 0 aliphatic carbocycles. The van der Waals surface area contributed by atoms with Gasteiger partial charge in [0.1, 0.15) is 0 Å². The first-order valence-corrected chi connectivity index (χ1v) is 7.94. The van der Waals surface area contributed by atoms with Crippen LogP contribution in [-0.4, -0.2) is 6.26 Å². The van der Waals surface area contributed by atoms with Crippen LogP contribution in [0.15, 0.2) is 47.4 Å². The van der Waals surface area contributed by atoms with Crippen molar-refractivity contribution in [3.05, 3.63) is 58.1 Å². The lowest BCUT2D eigenvalue weighted by atomic mass is 10.1. The number of anilines is 1. The van der Waals surface area contributed by atoms with Gasteiger partial charge >= 0.3 is 0 Å². The maximum absolute atomic E-state index is 6.21. The van der Waals surface area contributed by atoms with Crippen LogP contribution in [0.25, 0.3) is 0 Å². The fourth-order valence-electron chi connectivity index (χ4n) is 1.87. The summed E-state index contributed by atoms with van der Waals surface area (Å²) >= 11 is 13.9. The Labute approximate surface area is 128 Å². The first-order chi connectivity index (χ1) is 9.10. The normalized spacial score (nSPS) is 12.2. The summed E-state index contributed by atoms with van der Waals surface area (Å²) in [5.74, 6) is 0. The molecule has 2 aromatic rings. The van der Waals surface area contributed by atoms with E-state index >= 15 is 0 Å². The largest absolute Gasteiger partial charge is 0.378 e. The van der Waals surface area contributed by atoms with Crippen LogP contribution in [0, 0.1) is 0 Å². The van der Waals surface area contributed by atoms with Crippen molar-refractivity contribution in [2.75, 3.05) is 11.6 Å². The van der Waals surface area contributed by atoms with Crippen molar-refractivity contribution in [2.24, 2.45) is 0 Å². The lowest BCUT2D eigenvalue weighted by Crippen LogP contribution is -2.07. The molecule has 0 amide bonds. The van der Waals surface area contributed by atoms with E-state index in [9.17, 15) is 0 Å². The molecule has 0 aliphatic rings. The highest BCUT2D eigenvalue weighted by Crippen LogP contribution is 2.28. The summed E-state index contributed by atoms with van der Waals surface area (Å²) in [5, 5.41) is 4.78. The Morgan fingerprint density at radius 3 is 2.32 bits per heavy atom. The molecule has 4 heteroatoms. The zero-order valence-electron chi connectivity index (χ0n) is 10.8. The fourth-order valence-corrected chi connectivity index (χ4v) is 2.85. The molecule has 2 rings (SSSR count). The topological polar surface area (TPSA) is 12.0 Å². The maximum Gasteiger partial charge on any atom is 0.0500 e. The smallest absolute Gasteiger partial charge is 0.0500 e. The number of nitrogens with one attached hydrogen (secondary N) is 1. The molecule has 0 heterocycles. The van der Waals surface area contributed by atoms with Crippen molar-refractivity contribution in [3.8, 4) is 0 Å². The monoisotopic (exact) mass is 311 g/mol.